The molecule has 0 bridgehead atoms. The van der Waals surface area contributed by atoms with Gasteiger partial charge in [0, 0.05) is 12.5 Å². The predicted molar refractivity (Wildman–Crippen MR) is 122 cm³/mol. The van der Waals surface area contributed by atoms with Gasteiger partial charge < -0.3 is 9.88 Å². The number of nitrogens with one attached hydrogen (secondary N) is 1. The van der Waals surface area contributed by atoms with Gasteiger partial charge >= 0.3 is 0 Å². The number of hydrogen-bond donors (Lipinski definition) is 1. The molecule has 4 rings (SSSR count). The van der Waals surface area contributed by atoms with Gasteiger partial charge in [-0.25, -0.2) is 4.98 Å². The van der Waals surface area contributed by atoms with E-state index in [-0.39, 0.29) is 17.9 Å². The SMILES string of the molecule is Cc1ccc(-c2ccc(-c3cnc([C@@H]4CCCN4C(=O)[C@@H](C)C(C)C)[nH]3)cc2)cc1. The zero-order valence-corrected chi connectivity index (χ0v) is 18.4. The largest absolute Gasteiger partial charge is 0.340 e. The molecule has 3 aromatic rings. The fraction of sp³-hybridized carbons (Fsp3) is 0.385. The molecule has 0 aliphatic carbocycles. The Morgan fingerprint density at radius 3 is 2.23 bits per heavy atom. The van der Waals surface area contributed by atoms with Crippen molar-refractivity contribution >= 4 is 5.91 Å². The normalized spacial score (nSPS) is 17.5. The Labute approximate surface area is 179 Å². The lowest BCUT2D eigenvalue weighted by Gasteiger charge is -2.27. The molecule has 4 nitrogen and oxygen atoms in total. The van der Waals surface area contributed by atoms with Gasteiger partial charge in [-0.2, -0.15) is 0 Å². The molecule has 0 spiro atoms. The third kappa shape index (κ3) is 4.04. The average Bonchev–Trinajstić information content (AvgIpc) is 3.43. The summed E-state index contributed by atoms with van der Waals surface area (Å²) < 4.78 is 0. The highest BCUT2D eigenvalue weighted by molar-refractivity contribution is 5.79. The Morgan fingerprint density at radius 2 is 1.60 bits per heavy atom. The van der Waals surface area contributed by atoms with Crippen LogP contribution in [0.1, 0.15) is 51.0 Å². The van der Waals surface area contributed by atoms with Crippen LogP contribution in [0, 0.1) is 18.8 Å². The zero-order valence-electron chi connectivity index (χ0n) is 18.4. The van der Waals surface area contributed by atoms with Crippen LogP contribution in [-0.4, -0.2) is 27.3 Å². The van der Waals surface area contributed by atoms with E-state index in [1.807, 2.05) is 18.0 Å². The van der Waals surface area contributed by atoms with Crippen molar-refractivity contribution < 1.29 is 4.79 Å². The van der Waals surface area contributed by atoms with E-state index in [1.165, 1.54) is 16.7 Å². The van der Waals surface area contributed by atoms with Crippen molar-refractivity contribution in [2.24, 2.45) is 11.8 Å². The fourth-order valence-electron chi connectivity index (χ4n) is 4.10. The highest BCUT2D eigenvalue weighted by Crippen LogP contribution is 2.34. The maximum Gasteiger partial charge on any atom is 0.226 e. The predicted octanol–water partition coefficient (Wildman–Crippen LogP) is 6.01. The van der Waals surface area contributed by atoms with Crippen molar-refractivity contribution in [3.05, 3.63) is 66.1 Å². The van der Waals surface area contributed by atoms with Gasteiger partial charge in [0.05, 0.1) is 17.9 Å². The molecule has 1 aromatic heterocycles. The second-order valence-electron chi connectivity index (χ2n) is 8.85. The van der Waals surface area contributed by atoms with Crippen LogP contribution in [0.2, 0.25) is 0 Å². The number of H-pyrrole nitrogens is 1. The van der Waals surface area contributed by atoms with Crippen LogP contribution in [0.15, 0.2) is 54.7 Å². The quantitative estimate of drug-likeness (QED) is 0.569. The van der Waals surface area contributed by atoms with Crippen molar-refractivity contribution in [3.63, 3.8) is 0 Å². The van der Waals surface area contributed by atoms with E-state index in [0.717, 1.165) is 36.5 Å². The number of aromatic nitrogens is 2. The molecule has 0 saturated carbocycles. The second kappa shape index (κ2) is 8.47. The van der Waals surface area contributed by atoms with Crippen molar-refractivity contribution in [3.8, 4) is 22.4 Å². The van der Waals surface area contributed by atoms with Crippen LogP contribution in [-0.2, 0) is 4.79 Å². The van der Waals surface area contributed by atoms with Gasteiger partial charge in [-0.15, -0.1) is 0 Å². The van der Waals surface area contributed by atoms with Gasteiger partial charge in [0.1, 0.15) is 5.82 Å². The number of rotatable bonds is 5. The van der Waals surface area contributed by atoms with Gasteiger partial charge in [-0.05, 0) is 42.4 Å². The van der Waals surface area contributed by atoms with Crippen molar-refractivity contribution in [2.75, 3.05) is 6.54 Å². The van der Waals surface area contributed by atoms with Gasteiger partial charge in [0.15, 0.2) is 0 Å². The fourth-order valence-corrected chi connectivity index (χ4v) is 4.10. The molecule has 0 unspecified atom stereocenters. The molecular formula is C26H31N3O. The summed E-state index contributed by atoms with van der Waals surface area (Å²) in [7, 11) is 0. The highest BCUT2D eigenvalue weighted by atomic mass is 16.2. The van der Waals surface area contributed by atoms with Gasteiger partial charge in [-0.1, -0.05) is 74.9 Å². The number of benzene rings is 2. The van der Waals surface area contributed by atoms with Crippen LogP contribution in [0.5, 0.6) is 0 Å². The summed E-state index contributed by atoms with van der Waals surface area (Å²) in [6, 6.07) is 17.2. The maximum absolute atomic E-state index is 12.9. The van der Waals surface area contributed by atoms with E-state index < -0.39 is 0 Å². The molecule has 2 heterocycles. The molecule has 0 radical (unpaired) electrons. The van der Waals surface area contributed by atoms with E-state index in [0.29, 0.717) is 5.92 Å². The van der Waals surface area contributed by atoms with Crippen LogP contribution in [0.3, 0.4) is 0 Å². The summed E-state index contributed by atoms with van der Waals surface area (Å²) in [5, 5.41) is 0. The lowest BCUT2D eigenvalue weighted by Crippen LogP contribution is -2.36. The Bertz CT molecular complexity index is 1000. The molecule has 1 fully saturated rings. The van der Waals surface area contributed by atoms with Crippen molar-refractivity contribution in [1.82, 2.24) is 14.9 Å². The molecular weight excluding hydrogens is 370 g/mol. The molecule has 1 aliphatic heterocycles. The summed E-state index contributed by atoms with van der Waals surface area (Å²) >= 11 is 0. The number of carbonyl (C=O) groups is 1. The highest BCUT2D eigenvalue weighted by Gasteiger charge is 2.34. The maximum atomic E-state index is 12.9. The molecule has 1 aliphatic rings. The first-order chi connectivity index (χ1) is 14.4. The Morgan fingerprint density at radius 1 is 1.00 bits per heavy atom. The Kier molecular flexibility index (Phi) is 5.76. The van der Waals surface area contributed by atoms with E-state index in [1.54, 1.807) is 0 Å². The minimum Gasteiger partial charge on any atom is -0.340 e. The number of aryl methyl sites for hydroxylation is 1. The summed E-state index contributed by atoms with van der Waals surface area (Å²) in [5.74, 6) is 1.52. The zero-order chi connectivity index (χ0) is 21.3. The number of carbonyl (C=O) groups excluding carboxylic acids is 1. The van der Waals surface area contributed by atoms with Crippen LogP contribution >= 0.6 is 0 Å². The topological polar surface area (TPSA) is 49.0 Å². The van der Waals surface area contributed by atoms with E-state index in [2.05, 4.69) is 79.3 Å². The number of hydrogen-bond acceptors (Lipinski definition) is 2. The third-order valence-electron chi connectivity index (χ3n) is 6.42. The smallest absolute Gasteiger partial charge is 0.226 e. The number of nitrogens with zero attached hydrogens (tertiary/aromatic N) is 2. The Hall–Kier alpha value is -2.88. The van der Waals surface area contributed by atoms with Crippen LogP contribution in [0.25, 0.3) is 22.4 Å². The van der Waals surface area contributed by atoms with E-state index >= 15 is 0 Å². The van der Waals surface area contributed by atoms with Crippen LogP contribution in [0.4, 0.5) is 0 Å². The number of likely N-dealkylation sites (tertiary alicyclic amines) is 1. The molecule has 1 amide bonds. The van der Waals surface area contributed by atoms with Crippen LogP contribution < -0.4 is 0 Å². The van der Waals surface area contributed by atoms with Gasteiger partial charge in [0.2, 0.25) is 5.91 Å². The summed E-state index contributed by atoms with van der Waals surface area (Å²) in [6.07, 6.45) is 3.89. The molecule has 2 atom stereocenters. The average molecular weight is 402 g/mol. The summed E-state index contributed by atoms with van der Waals surface area (Å²) in [6.45, 7) is 9.18. The first-order valence-corrected chi connectivity index (χ1v) is 11.0. The first-order valence-electron chi connectivity index (χ1n) is 11.0. The van der Waals surface area contributed by atoms with Crippen molar-refractivity contribution in [1.29, 1.82) is 0 Å². The molecule has 4 heteroatoms. The molecule has 30 heavy (non-hydrogen) atoms. The van der Waals surface area contributed by atoms with E-state index in [4.69, 9.17) is 0 Å². The minimum atomic E-state index is 0.0364. The lowest BCUT2D eigenvalue weighted by molar-refractivity contribution is -0.137. The van der Waals surface area contributed by atoms with Gasteiger partial charge in [-0.3, -0.25) is 4.79 Å². The second-order valence-corrected chi connectivity index (χ2v) is 8.85. The number of imidazole rings is 1. The third-order valence-corrected chi connectivity index (χ3v) is 6.42. The van der Waals surface area contributed by atoms with Gasteiger partial charge in [0.25, 0.3) is 0 Å². The Balaban J connectivity index is 1.52. The molecule has 156 valence electrons. The molecule has 2 aromatic carbocycles. The standard InChI is InChI=1S/C26H31N3O/c1-17(2)19(4)26(30)29-15-5-6-24(29)25-27-16-23(28-25)22-13-11-21(12-14-22)20-9-7-18(3)8-10-20/h7-14,16-17,19,24H,5-6,15H2,1-4H3,(H,27,28)/t19-,24-/m0/s1. The number of amides is 1. The monoisotopic (exact) mass is 401 g/mol. The summed E-state index contributed by atoms with van der Waals surface area (Å²) in [5.41, 5.74) is 5.79. The number of aromatic amines is 1. The lowest BCUT2D eigenvalue weighted by atomic mass is 9.96. The van der Waals surface area contributed by atoms with Crippen molar-refractivity contribution in [2.45, 2.75) is 46.6 Å². The molecule has 1 N–H and O–H groups in total. The summed E-state index contributed by atoms with van der Waals surface area (Å²) in [4.78, 5) is 23.1. The molecule has 1 saturated heterocycles. The van der Waals surface area contributed by atoms with E-state index in [9.17, 15) is 4.79 Å². The first kappa shape index (κ1) is 20.4. The minimum absolute atomic E-state index is 0.0364.